The van der Waals surface area contributed by atoms with Gasteiger partial charge in [-0.25, -0.2) is 4.98 Å². The van der Waals surface area contributed by atoms with Crippen LogP contribution in [0.5, 0.6) is 11.5 Å². The van der Waals surface area contributed by atoms with E-state index in [9.17, 15) is 4.79 Å². The number of ether oxygens (including phenoxy) is 2. The second-order valence-corrected chi connectivity index (χ2v) is 8.95. The Bertz CT molecular complexity index is 1280. The number of carbonyl (C=O) groups excluding carboxylic acids is 1. The van der Waals surface area contributed by atoms with E-state index in [1.54, 1.807) is 32.4 Å². The first-order valence-corrected chi connectivity index (χ1v) is 10.9. The highest BCUT2D eigenvalue weighted by Gasteiger charge is 2.18. The molecule has 1 amide bonds. The number of carbonyl (C=O) groups is 1. The van der Waals surface area contributed by atoms with Crippen LogP contribution in [0, 0.1) is 0 Å². The SMILES string of the molecule is COc1ccc(OC)c(NC(=O)Cn2c(-c3ccc(C(C)(C)C)cc3)nc3ccccc32)c1. The van der Waals surface area contributed by atoms with E-state index >= 15 is 0 Å². The predicted molar refractivity (Wildman–Crippen MR) is 132 cm³/mol. The van der Waals surface area contributed by atoms with Gasteiger partial charge in [0, 0.05) is 11.6 Å². The lowest BCUT2D eigenvalue weighted by molar-refractivity contribution is -0.116. The molecule has 0 aliphatic rings. The number of nitrogens with one attached hydrogen (secondary N) is 1. The highest BCUT2D eigenvalue weighted by atomic mass is 16.5. The Morgan fingerprint density at radius 2 is 1.70 bits per heavy atom. The topological polar surface area (TPSA) is 65.4 Å². The number of para-hydroxylation sites is 2. The quantitative estimate of drug-likeness (QED) is 0.418. The van der Waals surface area contributed by atoms with Gasteiger partial charge in [-0.1, -0.05) is 57.2 Å². The lowest BCUT2D eigenvalue weighted by Crippen LogP contribution is -2.19. The van der Waals surface area contributed by atoms with Crippen LogP contribution < -0.4 is 14.8 Å². The van der Waals surface area contributed by atoms with Crippen molar-refractivity contribution < 1.29 is 14.3 Å². The summed E-state index contributed by atoms with van der Waals surface area (Å²) in [6.07, 6.45) is 0. The van der Waals surface area contributed by atoms with Crippen molar-refractivity contribution in [3.63, 3.8) is 0 Å². The van der Waals surface area contributed by atoms with Crippen molar-refractivity contribution >= 4 is 22.6 Å². The molecule has 4 rings (SSSR count). The molecular formula is C27H29N3O3. The zero-order valence-electron chi connectivity index (χ0n) is 19.7. The van der Waals surface area contributed by atoms with Crippen LogP contribution in [0.3, 0.4) is 0 Å². The standard InChI is InChI=1S/C27H29N3O3/c1-27(2,3)19-12-10-18(11-13-19)26-29-21-8-6-7-9-23(21)30(26)17-25(31)28-22-16-20(32-4)14-15-24(22)33-5/h6-16H,17H2,1-5H3,(H,28,31). The second-order valence-electron chi connectivity index (χ2n) is 8.95. The van der Waals surface area contributed by atoms with Crippen molar-refractivity contribution in [3.8, 4) is 22.9 Å². The molecule has 4 aromatic rings. The molecule has 0 aliphatic carbocycles. The van der Waals surface area contributed by atoms with Crippen molar-refractivity contribution in [2.45, 2.75) is 32.7 Å². The van der Waals surface area contributed by atoms with Crippen LogP contribution in [0.4, 0.5) is 5.69 Å². The Morgan fingerprint density at radius 3 is 2.36 bits per heavy atom. The minimum atomic E-state index is -0.183. The lowest BCUT2D eigenvalue weighted by Gasteiger charge is -2.19. The molecule has 33 heavy (non-hydrogen) atoms. The Labute approximate surface area is 194 Å². The normalized spacial score (nSPS) is 11.4. The summed E-state index contributed by atoms with van der Waals surface area (Å²) in [7, 11) is 3.16. The molecule has 1 aromatic heterocycles. The largest absolute Gasteiger partial charge is 0.497 e. The van der Waals surface area contributed by atoms with Gasteiger partial charge in [-0.3, -0.25) is 4.79 Å². The zero-order valence-corrected chi connectivity index (χ0v) is 19.7. The molecule has 0 unspecified atom stereocenters. The first-order chi connectivity index (χ1) is 15.8. The third-order valence-corrected chi connectivity index (χ3v) is 5.65. The molecule has 0 aliphatic heterocycles. The molecule has 6 nitrogen and oxygen atoms in total. The van der Waals surface area contributed by atoms with Crippen molar-refractivity contribution in [2.24, 2.45) is 0 Å². The lowest BCUT2D eigenvalue weighted by atomic mass is 9.87. The molecule has 0 fully saturated rings. The van der Waals surface area contributed by atoms with Gasteiger partial charge in [0.2, 0.25) is 5.91 Å². The molecule has 6 heteroatoms. The van der Waals surface area contributed by atoms with Gasteiger partial charge in [0.05, 0.1) is 30.9 Å². The molecule has 0 saturated heterocycles. The number of nitrogens with zero attached hydrogens (tertiary/aromatic N) is 2. The van der Waals surface area contributed by atoms with Crippen LogP contribution in [0.1, 0.15) is 26.3 Å². The number of benzene rings is 3. The number of hydrogen-bond donors (Lipinski definition) is 1. The van der Waals surface area contributed by atoms with Crippen LogP contribution in [0.25, 0.3) is 22.4 Å². The van der Waals surface area contributed by atoms with Crippen LogP contribution in [-0.4, -0.2) is 29.7 Å². The highest BCUT2D eigenvalue weighted by molar-refractivity contribution is 5.94. The van der Waals surface area contributed by atoms with E-state index < -0.39 is 0 Å². The molecule has 1 heterocycles. The summed E-state index contributed by atoms with van der Waals surface area (Å²) in [5, 5.41) is 2.95. The number of anilines is 1. The summed E-state index contributed by atoms with van der Waals surface area (Å²) in [6.45, 7) is 6.68. The average molecular weight is 444 g/mol. The van der Waals surface area contributed by atoms with Crippen LogP contribution in [0.15, 0.2) is 66.7 Å². The molecular weight excluding hydrogens is 414 g/mol. The number of amides is 1. The number of aromatic nitrogens is 2. The first kappa shape index (κ1) is 22.4. The molecule has 0 atom stereocenters. The third kappa shape index (κ3) is 4.70. The summed E-state index contributed by atoms with van der Waals surface area (Å²) in [5.74, 6) is 1.78. The number of fused-ring (bicyclic) bond motifs is 1. The Hall–Kier alpha value is -3.80. The Kier molecular flexibility index (Phi) is 6.09. The molecule has 3 aromatic carbocycles. The maximum Gasteiger partial charge on any atom is 0.244 e. The fourth-order valence-corrected chi connectivity index (χ4v) is 3.82. The number of hydrogen-bond acceptors (Lipinski definition) is 4. The summed E-state index contributed by atoms with van der Waals surface area (Å²) < 4.78 is 12.6. The van der Waals surface area contributed by atoms with Crippen molar-refractivity contribution in [3.05, 3.63) is 72.3 Å². The van der Waals surface area contributed by atoms with Crippen molar-refractivity contribution in [1.29, 1.82) is 0 Å². The summed E-state index contributed by atoms with van der Waals surface area (Å²) >= 11 is 0. The fraction of sp³-hybridized carbons (Fsp3) is 0.259. The first-order valence-electron chi connectivity index (χ1n) is 10.9. The van der Waals surface area contributed by atoms with Gasteiger partial charge < -0.3 is 19.4 Å². The summed E-state index contributed by atoms with van der Waals surface area (Å²) in [6, 6.07) is 21.5. The van der Waals surface area contributed by atoms with Crippen molar-refractivity contribution in [2.75, 3.05) is 19.5 Å². The minimum absolute atomic E-state index is 0.0638. The van der Waals surface area contributed by atoms with Gasteiger partial charge in [0.15, 0.2) is 0 Å². The van der Waals surface area contributed by atoms with E-state index in [4.69, 9.17) is 14.5 Å². The number of imidazole rings is 1. The maximum absolute atomic E-state index is 13.1. The number of methoxy groups -OCH3 is 2. The van der Waals surface area contributed by atoms with E-state index in [2.05, 4.69) is 50.4 Å². The Morgan fingerprint density at radius 1 is 0.970 bits per heavy atom. The summed E-state index contributed by atoms with van der Waals surface area (Å²) in [4.78, 5) is 17.9. The van der Waals surface area contributed by atoms with E-state index in [0.29, 0.717) is 17.2 Å². The van der Waals surface area contributed by atoms with Gasteiger partial charge in [0.25, 0.3) is 0 Å². The van der Waals surface area contributed by atoms with Crippen LogP contribution in [0.2, 0.25) is 0 Å². The van der Waals surface area contributed by atoms with E-state index in [-0.39, 0.29) is 17.9 Å². The molecule has 1 N–H and O–H groups in total. The maximum atomic E-state index is 13.1. The van der Waals surface area contributed by atoms with Gasteiger partial charge >= 0.3 is 0 Å². The molecule has 0 bridgehead atoms. The van der Waals surface area contributed by atoms with Gasteiger partial charge in [-0.2, -0.15) is 0 Å². The molecule has 0 spiro atoms. The average Bonchev–Trinajstić information content (AvgIpc) is 3.16. The van der Waals surface area contributed by atoms with Gasteiger partial charge in [-0.05, 0) is 35.2 Å². The minimum Gasteiger partial charge on any atom is -0.497 e. The van der Waals surface area contributed by atoms with Crippen LogP contribution in [-0.2, 0) is 16.8 Å². The third-order valence-electron chi connectivity index (χ3n) is 5.65. The molecule has 0 radical (unpaired) electrons. The smallest absolute Gasteiger partial charge is 0.244 e. The summed E-state index contributed by atoms with van der Waals surface area (Å²) in [5.41, 5.74) is 4.58. The van der Waals surface area contributed by atoms with Crippen molar-refractivity contribution in [1.82, 2.24) is 9.55 Å². The van der Waals surface area contributed by atoms with Gasteiger partial charge in [-0.15, -0.1) is 0 Å². The van der Waals surface area contributed by atoms with Gasteiger partial charge in [0.1, 0.15) is 23.9 Å². The van der Waals surface area contributed by atoms with Crippen LogP contribution >= 0.6 is 0 Å². The zero-order chi connectivity index (χ0) is 23.6. The highest BCUT2D eigenvalue weighted by Crippen LogP contribution is 2.30. The monoisotopic (exact) mass is 443 g/mol. The Balaban J connectivity index is 1.69. The number of rotatable bonds is 6. The van der Waals surface area contributed by atoms with E-state index in [1.165, 1.54) is 5.56 Å². The van der Waals surface area contributed by atoms with E-state index in [1.807, 2.05) is 28.8 Å². The fourth-order valence-electron chi connectivity index (χ4n) is 3.82. The molecule has 170 valence electrons. The predicted octanol–water partition coefficient (Wildman–Crippen LogP) is 5.66. The molecule has 0 saturated carbocycles. The van der Waals surface area contributed by atoms with E-state index in [0.717, 1.165) is 22.4 Å². The second kappa shape index (κ2) is 8.98.